The first-order valence-corrected chi connectivity index (χ1v) is 9.98. The highest BCUT2D eigenvalue weighted by Gasteiger charge is 2.29. The van der Waals surface area contributed by atoms with Gasteiger partial charge in [-0.05, 0) is 44.9 Å². The van der Waals surface area contributed by atoms with Gasteiger partial charge in [0, 0.05) is 17.5 Å². The zero-order valence-electron chi connectivity index (χ0n) is 16.3. The molecule has 0 unspecified atom stereocenters. The highest BCUT2D eigenvalue weighted by atomic mass is 32.1. The number of thiophene rings is 1. The Kier molecular flexibility index (Phi) is 4.85. The number of hydrogen-bond donors (Lipinski definition) is 1. The summed E-state index contributed by atoms with van der Waals surface area (Å²) in [6, 6.07) is 3.34. The van der Waals surface area contributed by atoms with Crippen molar-refractivity contribution in [3.05, 3.63) is 46.6 Å². The molecule has 0 saturated carbocycles. The Labute approximate surface area is 170 Å². The predicted octanol–water partition coefficient (Wildman–Crippen LogP) is 5.01. The van der Waals surface area contributed by atoms with Crippen molar-refractivity contribution in [3.63, 3.8) is 0 Å². The molecular weight excluding hydrogens is 398 g/mol. The number of anilines is 2. The standard InChI is InChI=1S/C20H20F2N4O2S/c1-20(2,3)28-19(27)26-7-6-12-15(9-26)29-18-16(12)17(23-10-24-18)25-14-5-4-11(21)8-13(14)22/h4-5,8,10H,6-7,9H2,1-3H3,(H,23,24,25). The van der Waals surface area contributed by atoms with Gasteiger partial charge in [0.1, 0.15) is 34.2 Å². The van der Waals surface area contributed by atoms with Crippen LogP contribution < -0.4 is 5.32 Å². The predicted molar refractivity (Wildman–Crippen MR) is 107 cm³/mol. The lowest BCUT2D eigenvalue weighted by Gasteiger charge is -2.30. The van der Waals surface area contributed by atoms with Crippen LogP contribution in [0.5, 0.6) is 0 Å². The van der Waals surface area contributed by atoms with Crippen LogP contribution in [-0.4, -0.2) is 33.1 Å². The lowest BCUT2D eigenvalue weighted by molar-refractivity contribution is 0.0227. The summed E-state index contributed by atoms with van der Waals surface area (Å²) in [6.45, 7) is 6.44. The lowest BCUT2D eigenvalue weighted by atomic mass is 10.1. The number of nitrogens with one attached hydrogen (secondary N) is 1. The van der Waals surface area contributed by atoms with E-state index in [2.05, 4.69) is 15.3 Å². The third kappa shape index (κ3) is 4.00. The number of benzene rings is 1. The molecule has 0 spiro atoms. The molecule has 29 heavy (non-hydrogen) atoms. The lowest BCUT2D eigenvalue weighted by Crippen LogP contribution is -2.39. The normalized spacial score (nSPS) is 14.0. The number of amides is 1. The minimum atomic E-state index is -0.697. The number of aromatic nitrogens is 2. The largest absolute Gasteiger partial charge is 0.444 e. The zero-order chi connectivity index (χ0) is 20.8. The van der Waals surface area contributed by atoms with E-state index in [0.29, 0.717) is 25.3 Å². The molecule has 0 aliphatic carbocycles. The number of fused-ring (bicyclic) bond motifs is 3. The Bertz CT molecular complexity index is 1090. The van der Waals surface area contributed by atoms with Gasteiger partial charge in [0.2, 0.25) is 0 Å². The van der Waals surface area contributed by atoms with Gasteiger partial charge in [0.05, 0.1) is 17.6 Å². The van der Waals surface area contributed by atoms with Crippen LogP contribution in [0.4, 0.5) is 25.1 Å². The highest BCUT2D eigenvalue weighted by molar-refractivity contribution is 7.19. The van der Waals surface area contributed by atoms with Crippen molar-refractivity contribution < 1.29 is 18.3 Å². The van der Waals surface area contributed by atoms with Crippen molar-refractivity contribution in [2.24, 2.45) is 0 Å². The van der Waals surface area contributed by atoms with Crippen LogP contribution in [-0.2, 0) is 17.7 Å². The van der Waals surface area contributed by atoms with Crippen molar-refractivity contribution in [1.29, 1.82) is 0 Å². The molecule has 1 aliphatic rings. The maximum Gasteiger partial charge on any atom is 0.410 e. The van der Waals surface area contributed by atoms with Gasteiger partial charge < -0.3 is 15.0 Å². The first-order chi connectivity index (χ1) is 13.7. The second kappa shape index (κ2) is 7.22. The van der Waals surface area contributed by atoms with Crippen molar-refractivity contribution in [2.45, 2.75) is 39.3 Å². The molecule has 0 saturated heterocycles. The molecule has 0 radical (unpaired) electrons. The van der Waals surface area contributed by atoms with E-state index in [0.717, 1.165) is 26.7 Å². The second-order valence-electron chi connectivity index (χ2n) is 7.81. The van der Waals surface area contributed by atoms with Crippen LogP contribution in [0.2, 0.25) is 0 Å². The Morgan fingerprint density at radius 2 is 2.07 bits per heavy atom. The fourth-order valence-corrected chi connectivity index (χ4v) is 4.43. The summed E-state index contributed by atoms with van der Waals surface area (Å²) in [4.78, 5) is 24.4. The molecule has 0 bridgehead atoms. The minimum absolute atomic E-state index is 0.137. The molecule has 0 atom stereocenters. The zero-order valence-corrected chi connectivity index (χ0v) is 17.1. The maximum atomic E-state index is 14.1. The summed E-state index contributed by atoms with van der Waals surface area (Å²) in [5.74, 6) is -0.878. The molecule has 6 nitrogen and oxygen atoms in total. The van der Waals surface area contributed by atoms with Crippen LogP contribution in [0.15, 0.2) is 24.5 Å². The summed E-state index contributed by atoms with van der Waals surface area (Å²) in [7, 11) is 0. The fraction of sp³-hybridized carbons (Fsp3) is 0.350. The molecule has 1 amide bonds. The van der Waals surface area contributed by atoms with Crippen molar-refractivity contribution in [2.75, 3.05) is 11.9 Å². The molecule has 1 aliphatic heterocycles. The molecule has 2 aromatic heterocycles. The quantitative estimate of drug-likeness (QED) is 0.634. The van der Waals surface area contributed by atoms with Crippen LogP contribution in [0, 0.1) is 11.6 Å². The molecule has 9 heteroatoms. The van der Waals surface area contributed by atoms with E-state index >= 15 is 0 Å². The summed E-state index contributed by atoms with van der Waals surface area (Å²) < 4.78 is 32.7. The Hall–Kier alpha value is -2.81. The topological polar surface area (TPSA) is 67.3 Å². The van der Waals surface area contributed by atoms with Crippen molar-refractivity contribution in [1.82, 2.24) is 14.9 Å². The van der Waals surface area contributed by atoms with E-state index in [1.54, 1.807) is 4.90 Å². The smallest absolute Gasteiger partial charge is 0.410 e. The maximum absolute atomic E-state index is 14.1. The first-order valence-electron chi connectivity index (χ1n) is 9.16. The van der Waals surface area contributed by atoms with Crippen LogP contribution in [0.1, 0.15) is 31.2 Å². The van der Waals surface area contributed by atoms with Gasteiger partial charge in [-0.15, -0.1) is 11.3 Å². The van der Waals surface area contributed by atoms with E-state index in [1.807, 2.05) is 20.8 Å². The number of rotatable bonds is 2. The van der Waals surface area contributed by atoms with Crippen LogP contribution >= 0.6 is 11.3 Å². The molecule has 1 N–H and O–H groups in total. The monoisotopic (exact) mass is 418 g/mol. The molecule has 3 heterocycles. The van der Waals surface area contributed by atoms with Gasteiger partial charge in [-0.25, -0.2) is 23.5 Å². The van der Waals surface area contributed by atoms with Gasteiger partial charge in [0.15, 0.2) is 0 Å². The number of halogens is 2. The number of nitrogens with zero attached hydrogens (tertiary/aromatic N) is 3. The Morgan fingerprint density at radius 3 is 2.79 bits per heavy atom. The summed E-state index contributed by atoms with van der Waals surface area (Å²) in [6.07, 6.45) is 1.67. The van der Waals surface area contributed by atoms with Crippen molar-refractivity contribution >= 4 is 39.2 Å². The summed E-state index contributed by atoms with van der Waals surface area (Å²) >= 11 is 1.48. The van der Waals surface area contributed by atoms with E-state index in [4.69, 9.17) is 4.74 Å². The van der Waals surface area contributed by atoms with Gasteiger partial charge in [-0.1, -0.05) is 0 Å². The second-order valence-corrected chi connectivity index (χ2v) is 8.89. The molecule has 0 fully saturated rings. The van der Waals surface area contributed by atoms with Gasteiger partial charge in [0.25, 0.3) is 0 Å². The average Bonchev–Trinajstić information content (AvgIpc) is 3.01. The Balaban J connectivity index is 1.65. The fourth-order valence-electron chi connectivity index (χ4n) is 3.22. The van der Waals surface area contributed by atoms with Gasteiger partial charge in [-0.3, -0.25) is 0 Å². The number of carbonyl (C=O) groups is 1. The Morgan fingerprint density at radius 1 is 1.28 bits per heavy atom. The number of hydrogen-bond acceptors (Lipinski definition) is 6. The van der Waals surface area contributed by atoms with E-state index < -0.39 is 17.2 Å². The van der Waals surface area contributed by atoms with Crippen LogP contribution in [0.3, 0.4) is 0 Å². The van der Waals surface area contributed by atoms with E-state index in [1.165, 1.54) is 29.8 Å². The molecule has 1 aromatic carbocycles. The van der Waals surface area contributed by atoms with Crippen LogP contribution in [0.25, 0.3) is 10.2 Å². The minimum Gasteiger partial charge on any atom is -0.444 e. The molecule has 4 rings (SSSR count). The molecule has 152 valence electrons. The van der Waals surface area contributed by atoms with Gasteiger partial charge >= 0.3 is 6.09 Å². The van der Waals surface area contributed by atoms with Gasteiger partial charge in [-0.2, -0.15) is 0 Å². The SMILES string of the molecule is CC(C)(C)OC(=O)N1CCc2c(sc3ncnc(Nc4ccc(F)cc4F)c23)C1. The number of ether oxygens (including phenoxy) is 1. The summed E-state index contributed by atoms with van der Waals surface area (Å²) in [5, 5.41) is 3.76. The third-order valence-corrected chi connectivity index (χ3v) is 5.60. The summed E-state index contributed by atoms with van der Waals surface area (Å²) in [5.41, 5.74) is 0.618. The average molecular weight is 418 g/mol. The van der Waals surface area contributed by atoms with Crippen molar-refractivity contribution in [3.8, 4) is 0 Å². The van der Waals surface area contributed by atoms with E-state index in [-0.39, 0.29) is 11.8 Å². The first kappa shape index (κ1) is 19.5. The number of carbonyl (C=O) groups excluding carboxylic acids is 1. The molecule has 3 aromatic rings. The highest BCUT2D eigenvalue weighted by Crippen LogP contribution is 2.38. The third-order valence-electron chi connectivity index (χ3n) is 4.47. The molecular formula is C20H20F2N4O2S. The van der Waals surface area contributed by atoms with E-state index in [9.17, 15) is 13.6 Å².